The number of hydrogen-bond donors (Lipinski definition) is 3. The van der Waals surface area contributed by atoms with Crippen LogP contribution in [0.1, 0.15) is 38.1 Å². The zero-order chi connectivity index (χ0) is 20.6. The van der Waals surface area contributed by atoms with E-state index in [0.717, 1.165) is 6.07 Å². The molecule has 27 heavy (non-hydrogen) atoms. The first-order chi connectivity index (χ1) is 12.5. The Kier molecular flexibility index (Phi) is 8.38. The summed E-state index contributed by atoms with van der Waals surface area (Å²) >= 11 is 0. The van der Waals surface area contributed by atoms with Crippen LogP contribution in [0.5, 0.6) is 0 Å². The van der Waals surface area contributed by atoms with Crippen LogP contribution in [0.25, 0.3) is 0 Å². The van der Waals surface area contributed by atoms with Gasteiger partial charge in [0, 0.05) is 12.6 Å². The molecule has 0 bridgehead atoms. The summed E-state index contributed by atoms with van der Waals surface area (Å²) in [5.41, 5.74) is -0.0290. The molecule has 10 heteroatoms. The van der Waals surface area contributed by atoms with Gasteiger partial charge in [-0.05, 0) is 38.0 Å². The van der Waals surface area contributed by atoms with Gasteiger partial charge in [0.1, 0.15) is 0 Å². The van der Waals surface area contributed by atoms with Crippen LogP contribution in [0.2, 0.25) is 0 Å². The van der Waals surface area contributed by atoms with E-state index in [1.807, 2.05) is 19.2 Å². The van der Waals surface area contributed by atoms with E-state index in [1.54, 1.807) is 13.8 Å². The van der Waals surface area contributed by atoms with Gasteiger partial charge in [-0.2, -0.15) is 0 Å². The fraction of sp³-hybridized carbons (Fsp3) is 0.471. The molecule has 0 radical (unpaired) electrons. The molecule has 1 rings (SSSR count). The molecule has 0 aliphatic carbocycles. The maximum Gasteiger partial charge on any atom is 0.338 e. The number of urea groups is 1. The second-order valence-corrected chi connectivity index (χ2v) is 8.25. The molecule has 0 aliphatic heterocycles. The maximum absolute atomic E-state index is 12.1. The Labute approximate surface area is 158 Å². The number of carbonyl (C=O) groups is 3. The van der Waals surface area contributed by atoms with Crippen molar-refractivity contribution in [3.63, 3.8) is 0 Å². The van der Waals surface area contributed by atoms with Crippen molar-refractivity contribution >= 4 is 27.9 Å². The Balaban J connectivity index is 2.64. The predicted octanol–water partition coefficient (Wildman–Crippen LogP) is 1.01. The summed E-state index contributed by atoms with van der Waals surface area (Å²) in [6, 6.07) is 4.26. The normalized spacial score (nSPS) is 11.3. The first-order valence-corrected chi connectivity index (χ1v) is 9.86. The molecule has 0 spiro atoms. The van der Waals surface area contributed by atoms with Crippen LogP contribution in [0.4, 0.5) is 4.79 Å². The molecule has 9 nitrogen and oxygen atoms in total. The first kappa shape index (κ1) is 22.6. The molecule has 0 saturated carbocycles. The van der Waals surface area contributed by atoms with Crippen LogP contribution in [0.15, 0.2) is 29.2 Å². The number of esters is 1. The Morgan fingerprint density at radius 2 is 1.78 bits per heavy atom. The summed E-state index contributed by atoms with van der Waals surface area (Å²) in [4.78, 5) is 35.0. The quantitative estimate of drug-likeness (QED) is 0.559. The lowest BCUT2D eigenvalue weighted by molar-refractivity contribution is -0.123. The molecule has 1 aromatic carbocycles. The highest BCUT2D eigenvalue weighted by molar-refractivity contribution is 7.89. The van der Waals surface area contributed by atoms with Crippen LogP contribution in [0, 0.1) is 5.92 Å². The highest BCUT2D eigenvalue weighted by atomic mass is 32.2. The number of benzene rings is 1. The zero-order valence-corrected chi connectivity index (χ0v) is 16.6. The highest BCUT2D eigenvalue weighted by Crippen LogP contribution is 2.13. The van der Waals surface area contributed by atoms with Crippen LogP contribution < -0.4 is 15.4 Å². The van der Waals surface area contributed by atoms with Gasteiger partial charge in [-0.15, -0.1) is 0 Å². The number of imide groups is 1. The molecule has 1 aromatic rings. The summed E-state index contributed by atoms with van der Waals surface area (Å²) in [6.07, 6.45) is 0. The molecule has 0 atom stereocenters. The summed E-state index contributed by atoms with van der Waals surface area (Å²) in [7, 11) is -3.77. The summed E-state index contributed by atoms with van der Waals surface area (Å²) in [6.45, 7) is 6.86. The predicted molar refractivity (Wildman–Crippen MR) is 98.6 cm³/mol. The lowest BCUT2D eigenvalue weighted by Gasteiger charge is -2.11. The van der Waals surface area contributed by atoms with Gasteiger partial charge in [0.25, 0.3) is 5.91 Å². The van der Waals surface area contributed by atoms with E-state index in [1.165, 1.54) is 18.2 Å². The third-order valence-corrected chi connectivity index (χ3v) is 4.69. The lowest BCUT2D eigenvalue weighted by Crippen LogP contribution is -2.42. The Bertz CT molecular complexity index is 790. The largest absolute Gasteiger partial charge is 0.452 e. The topological polar surface area (TPSA) is 131 Å². The molecule has 0 unspecified atom stereocenters. The number of hydrogen-bond acceptors (Lipinski definition) is 6. The molecule has 3 amide bonds. The van der Waals surface area contributed by atoms with E-state index < -0.39 is 34.5 Å². The SMILES string of the molecule is CC(C)CNC(=O)NC(=O)COC(=O)c1cccc(S(=O)(=O)NC(C)C)c1. The summed E-state index contributed by atoms with van der Waals surface area (Å²) in [5.74, 6) is -1.46. The average Bonchev–Trinajstić information content (AvgIpc) is 2.57. The fourth-order valence-corrected chi connectivity index (χ4v) is 3.18. The molecular formula is C17H25N3O6S. The second kappa shape index (κ2) is 10.0. The zero-order valence-electron chi connectivity index (χ0n) is 15.7. The van der Waals surface area contributed by atoms with Gasteiger partial charge in [-0.1, -0.05) is 19.9 Å². The number of ether oxygens (including phenoxy) is 1. The van der Waals surface area contributed by atoms with E-state index in [-0.39, 0.29) is 22.4 Å². The van der Waals surface area contributed by atoms with Crippen molar-refractivity contribution in [1.29, 1.82) is 0 Å². The third-order valence-electron chi connectivity index (χ3n) is 3.03. The van der Waals surface area contributed by atoms with Gasteiger partial charge in [0.05, 0.1) is 10.5 Å². The Hall–Kier alpha value is -2.46. The van der Waals surface area contributed by atoms with Crippen molar-refractivity contribution in [1.82, 2.24) is 15.4 Å². The van der Waals surface area contributed by atoms with E-state index >= 15 is 0 Å². The van der Waals surface area contributed by atoms with Gasteiger partial charge in [-0.3, -0.25) is 10.1 Å². The summed E-state index contributed by atoms with van der Waals surface area (Å²) in [5, 5.41) is 4.51. The molecule has 0 heterocycles. The van der Waals surface area contributed by atoms with Crippen molar-refractivity contribution in [2.24, 2.45) is 5.92 Å². The van der Waals surface area contributed by atoms with Crippen molar-refractivity contribution in [3.8, 4) is 0 Å². The van der Waals surface area contributed by atoms with Crippen LogP contribution in [-0.4, -0.2) is 45.5 Å². The number of rotatable bonds is 8. The van der Waals surface area contributed by atoms with Crippen LogP contribution in [-0.2, 0) is 19.6 Å². The molecule has 0 saturated heterocycles. The minimum atomic E-state index is -3.77. The average molecular weight is 399 g/mol. The number of amides is 3. The summed E-state index contributed by atoms with van der Waals surface area (Å²) < 4.78 is 31.5. The minimum absolute atomic E-state index is 0.0290. The van der Waals surface area contributed by atoms with Crippen molar-refractivity contribution < 1.29 is 27.5 Å². The molecule has 0 fully saturated rings. The van der Waals surface area contributed by atoms with E-state index in [4.69, 9.17) is 4.74 Å². The van der Waals surface area contributed by atoms with Crippen molar-refractivity contribution in [2.75, 3.05) is 13.2 Å². The minimum Gasteiger partial charge on any atom is -0.452 e. The standard InChI is InChI=1S/C17H25N3O6S/c1-11(2)9-18-17(23)19-15(21)10-26-16(22)13-6-5-7-14(8-13)27(24,25)20-12(3)4/h5-8,11-12,20H,9-10H2,1-4H3,(H2,18,19,21,23). The molecular weight excluding hydrogens is 374 g/mol. The van der Waals surface area contributed by atoms with Crippen LogP contribution >= 0.6 is 0 Å². The number of sulfonamides is 1. The monoisotopic (exact) mass is 399 g/mol. The van der Waals surface area contributed by atoms with Gasteiger partial charge in [-0.25, -0.2) is 22.7 Å². The molecule has 0 aliphatic rings. The molecule has 0 aromatic heterocycles. The third kappa shape index (κ3) is 8.18. The van der Waals surface area contributed by atoms with E-state index in [9.17, 15) is 22.8 Å². The second-order valence-electron chi connectivity index (χ2n) is 6.53. The smallest absolute Gasteiger partial charge is 0.338 e. The maximum atomic E-state index is 12.1. The fourth-order valence-electron chi connectivity index (χ4n) is 1.89. The Morgan fingerprint density at radius 3 is 2.37 bits per heavy atom. The number of carbonyl (C=O) groups excluding carboxylic acids is 3. The van der Waals surface area contributed by atoms with Crippen molar-refractivity contribution in [3.05, 3.63) is 29.8 Å². The van der Waals surface area contributed by atoms with Gasteiger partial charge in [0.15, 0.2) is 6.61 Å². The highest BCUT2D eigenvalue weighted by Gasteiger charge is 2.18. The van der Waals surface area contributed by atoms with Crippen LogP contribution in [0.3, 0.4) is 0 Å². The van der Waals surface area contributed by atoms with E-state index in [2.05, 4.69) is 10.0 Å². The molecule has 150 valence electrons. The van der Waals surface area contributed by atoms with Crippen molar-refractivity contribution in [2.45, 2.75) is 38.6 Å². The van der Waals surface area contributed by atoms with Gasteiger partial charge in [0.2, 0.25) is 10.0 Å². The van der Waals surface area contributed by atoms with Gasteiger partial charge >= 0.3 is 12.0 Å². The number of nitrogens with one attached hydrogen (secondary N) is 3. The van der Waals surface area contributed by atoms with E-state index in [0.29, 0.717) is 6.54 Å². The first-order valence-electron chi connectivity index (χ1n) is 8.38. The van der Waals surface area contributed by atoms with Gasteiger partial charge < -0.3 is 10.1 Å². The Morgan fingerprint density at radius 1 is 1.11 bits per heavy atom. The molecule has 3 N–H and O–H groups in total. The lowest BCUT2D eigenvalue weighted by atomic mass is 10.2.